The maximum absolute atomic E-state index is 5.35. The summed E-state index contributed by atoms with van der Waals surface area (Å²) >= 11 is 0. The van der Waals surface area contributed by atoms with Crippen molar-refractivity contribution in [3.8, 4) is 5.69 Å². The van der Waals surface area contributed by atoms with Crippen LogP contribution in [0.3, 0.4) is 0 Å². The second kappa shape index (κ2) is 10.0. The number of benzene rings is 4. The molecular weight excluding hydrogens is 518 g/mol. The van der Waals surface area contributed by atoms with E-state index in [2.05, 4.69) is 123 Å². The van der Waals surface area contributed by atoms with Gasteiger partial charge in [-0.05, 0) is 86.0 Å². The van der Waals surface area contributed by atoms with Gasteiger partial charge in [0.25, 0.3) is 0 Å². The smallest absolute Gasteiger partial charge is 0.179 e. The van der Waals surface area contributed by atoms with Crippen LogP contribution < -0.4 is 15.1 Å². The van der Waals surface area contributed by atoms with Crippen LogP contribution in [-0.4, -0.2) is 35.5 Å². The molecule has 1 N–H and O–H groups in total. The first kappa shape index (κ1) is 25.8. The highest BCUT2D eigenvalue weighted by Crippen LogP contribution is 2.48. The summed E-state index contributed by atoms with van der Waals surface area (Å²) in [5, 5.41) is 8.68. The molecule has 0 fully saturated rings. The number of aryl methyl sites for hydroxylation is 3. The highest BCUT2D eigenvalue weighted by Gasteiger charge is 2.41. The van der Waals surface area contributed by atoms with E-state index in [0.29, 0.717) is 5.84 Å². The van der Waals surface area contributed by atoms with Crippen molar-refractivity contribution in [3.63, 3.8) is 0 Å². The van der Waals surface area contributed by atoms with Crippen molar-refractivity contribution in [1.29, 1.82) is 0 Å². The number of anilines is 3. The molecule has 2 aliphatic heterocycles. The zero-order valence-electron chi connectivity index (χ0n) is 24.5. The molecule has 1 aromatic heterocycles. The largest absolute Gasteiger partial charge is 0.378 e. The first-order valence-electron chi connectivity index (χ1n) is 14.2. The third kappa shape index (κ3) is 4.34. The molecule has 0 bridgehead atoms. The fourth-order valence-electron chi connectivity index (χ4n) is 6.00. The van der Waals surface area contributed by atoms with Crippen molar-refractivity contribution < 1.29 is 0 Å². The van der Waals surface area contributed by atoms with Gasteiger partial charge in [-0.2, -0.15) is 5.10 Å². The summed E-state index contributed by atoms with van der Waals surface area (Å²) in [6, 6.07) is 33.6. The van der Waals surface area contributed by atoms with Crippen LogP contribution in [0.5, 0.6) is 0 Å². The zero-order valence-corrected chi connectivity index (χ0v) is 24.5. The van der Waals surface area contributed by atoms with Crippen LogP contribution in [0.1, 0.15) is 34.0 Å². The highest BCUT2D eigenvalue weighted by atomic mass is 15.4. The topological polar surface area (TPSA) is 61.1 Å². The number of aromatic nitrogens is 2. The van der Waals surface area contributed by atoms with Crippen LogP contribution in [0.15, 0.2) is 107 Å². The molecule has 42 heavy (non-hydrogen) atoms. The summed E-state index contributed by atoms with van der Waals surface area (Å²) in [5.74, 6) is 2.29. The van der Waals surface area contributed by atoms with Crippen molar-refractivity contribution in [2.24, 2.45) is 9.98 Å². The van der Waals surface area contributed by atoms with Gasteiger partial charge in [0.05, 0.1) is 28.8 Å². The molecule has 0 radical (unpaired) electrons. The molecule has 7 heteroatoms. The molecule has 2 aliphatic rings. The van der Waals surface area contributed by atoms with Crippen LogP contribution in [0.2, 0.25) is 0 Å². The summed E-state index contributed by atoms with van der Waals surface area (Å²) in [7, 11) is 4.13. The number of nitrogens with one attached hydrogen (secondary N) is 1. The maximum Gasteiger partial charge on any atom is 0.179 e. The Morgan fingerprint density at radius 1 is 0.762 bits per heavy atom. The standard InChI is InChI=1S/C35H33N7/c1-22-19-23(2)21-26(20-22)36-33-35-38-34-31(24(3)39-42(34)28-11-7-6-8-12-28)32(25-15-17-27(18-16-25)40(4)5)41(35)30-14-10-9-13-29(30)37-33/h6-21,32H,1-5H3,(H,36,37)/t32-/m0/s1. The number of hydrogen-bond donors (Lipinski definition) is 1. The molecule has 7 rings (SSSR count). The molecule has 0 spiro atoms. The lowest BCUT2D eigenvalue weighted by molar-refractivity contribution is 0.815. The molecule has 5 aromatic rings. The molecule has 4 aromatic carbocycles. The van der Waals surface area contributed by atoms with Gasteiger partial charge in [-0.15, -0.1) is 0 Å². The lowest BCUT2D eigenvalue weighted by Crippen LogP contribution is -2.46. The first-order valence-corrected chi connectivity index (χ1v) is 14.2. The number of aliphatic imine (C=N–C) groups is 2. The Hall–Kier alpha value is -5.17. The highest BCUT2D eigenvalue weighted by molar-refractivity contribution is 6.51. The molecule has 0 saturated heterocycles. The minimum Gasteiger partial charge on any atom is -0.378 e. The van der Waals surface area contributed by atoms with E-state index in [0.717, 1.165) is 56.9 Å². The van der Waals surface area contributed by atoms with Crippen molar-refractivity contribution in [3.05, 3.63) is 125 Å². The Balaban J connectivity index is 1.48. The van der Waals surface area contributed by atoms with E-state index in [4.69, 9.17) is 15.1 Å². The monoisotopic (exact) mass is 551 g/mol. The summed E-state index contributed by atoms with van der Waals surface area (Å²) in [4.78, 5) is 14.9. The van der Waals surface area contributed by atoms with Crippen molar-refractivity contribution in [1.82, 2.24) is 9.78 Å². The maximum atomic E-state index is 5.35. The number of nitrogens with zero attached hydrogens (tertiary/aromatic N) is 6. The van der Waals surface area contributed by atoms with Gasteiger partial charge in [-0.1, -0.05) is 48.5 Å². The molecule has 0 unspecified atom stereocenters. The van der Waals surface area contributed by atoms with Gasteiger partial charge in [-0.3, -0.25) is 0 Å². The minimum absolute atomic E-state index is 0.158. The van der Waals surface area contributed by atoms with Crippen LogP contribution in [0, 0.1) is 20.8 Å². The Kier molecular flexibility index (Phi) is 6.16. The third-order valence-corrected chi connectivity index (χ3v) is 7.85. The lowest BCUT2D eigenvalue weighted by atomic mass is 9.93. The number of rotatable bonds is 4. The first-order chi connectivity index (χ1) is 20.4. The van der Waals surface area contributed by atoms with Crippen LogP contribution in [-0.2, 0) is 0 Å². The summed E-state index contributed by atoms with van der Waals surface area (Å²) in [5.41, 5.74) is 10.6. The third-order valence-electron chi connectivity index (χ3n) is 7.85. The predicted octanol–water partition coefficient (Wildman–Crippen LogP) is 7.66. The van der Waals surface area contributed by atoms with Crippen molar-refractivity contribution >= 4 is 40.2 Å². The van der Waals surface area contributed by atoms with Crippen LogP contribution >= 0.6 is 0 Å². The SMILES string of the molecule is Cc1cc(C)cc(NC2=Nc3ccccc3N3C2=Nc2c(c(C)nn2-c2ccccc2)[C@@H]3c2ccc(N(C)C)cc2)c1. The van der Waals surface area contributed by atoms with Gasteiger partial charge < -0.3 is 15.1 Å². The van der Waals surface area contributed by atoms with Gasteiger partial charge >= 0.3 is 0 Å². The Morgan fingerprint density at radius 2 is 1.45 bits per heavy atom. The lowest BCUT2D eigenvalue weighted by Gasteiger charge is -2.40. The molecule has 208 valence electrons. The van der Waals surface area contributed by atoms with Gasteiger partial charge in [0.15, 0.2) is 17.5 Å². The summed E-state index contributed by atoms with van der Waals surface area (Å²) < 4.78 is 1.96. The molecular formula is C35H33N7. The van der Waals surface area contributed by atoms with Crippen molar-refractivity contribution in [2.45, 2.75) is 26.8 Å². The number of fused-ring (bicyclic) bond motifs is 4. The quantitative estimate of drug-likeness (QED) is 0.249. The predicted molar refractivity (Wildman–Crippen MR) is 174 cm³/mol. The zero-order chi connectivity index (χ0) is 29.0. The van der Waals surface area contributed by atoms with Gasteiger partial charge in [0, 0.05) is 31.0 Å². The van der Waals surface area contributed by atoms with E-state index in [9.17, 15) is 0 Å². The molecule has 0 saturated carbocycles. The molecule has 7 nitrogen and oxygen atoms in total. The van der Waals surface area contributed by atoms with E-state index in [1.807, 2.05) is 28.9 Å². The van der Waals surface area contributed by atoms with Crippen LogP contribution in [0.4, 0.5) is 28.6 Å². The van der Waals surface area contributed by atoms with Gasteiger partial charge in [0.2, 0.25) is 0 Å². The fraction of sp³-hybridized carbons (Fsp3) is 0.171. The molecule has 3 heterocycles. The number of hydrogen-bond acceptors (Lipinski definition) is 6. The second-order valence-electron chi connectivity index (χ2n) is 11.2. The van der Waals surface area contributed by atoms with E-state index in [1.165, 1.54) is 11.1 Å². The normalized spacial score (nSPS) is 15.3. The van der Waals surface area contributed by atoms with E-state index < -0.39 is 0 Å². The van der Waals surface area contributed by atoms with Gasteiger partial charge in [0.1, 0.15) is 0 Å². The minimum atomic E-state index is -0.158. The molecule has 1 atom stereocenters. The fourth-order valence-corrected chi connectivity index (χ4v) is 6.00. The molecule has 0 amide bonds. The molecule has 0 aliphatic carbocycles. The summed E-state index contributed by atoms with van der Waals surface area (Å²) in [6.45, 7) is 6.31. The van der Waals surface area contributed by atoms with E-state index in [1.54, 1.807) is 0 Å². The van der Waals surface area contributed by atoms with Crippen molar-refractivity contribution in [2.75, 3.05) is 29.2 Å². The Bertz CT molecular complexity index is 1840. The van der Waals surface area contributed by atoms with Crippen LogP contribution in [0.25, 0.3) is 5.69 Å². The van der Waals surface area contributed by atoms with Gasteiger partial charge in [-0.25, -0.2) is 14.7 Å². The summed E-state index contributed by atoms with van der Waals surface area (Å²) in [6.07, 6.45) is 0. The van der Waals surface area contributed by atoms with E-state index in [-0.39, 0.29) is 6.04 Å². The number of para-hydroxylation sites is 3. The van der Waals surface area contributed by atoms with E-state index >= 15 is 0 Å². The average molecular weight is 552 g/mol. The Labute approximate surface area is 246 Å². The average Bonchev–Trinajstić information content (AvgIpc) is 3.32. The second-order valence-corrected chi connectivity index (χ2v) is 11.2. The Morgan fingerprint density at radius 3 is 2.17 bits per heavy atom. The number of amidine groups is 2.